The van der Waals surface area contributed by atoms with E-state index in [1.165, 1.54) is 0 Å². The molecule has 3 rings (SSSR count). The van der Waals surface area contributed by atoms with Crippen LogP contribution < -0.4 is 5.32 Å². The monoisotopic (exact) mass is 314 g/mol. The second-order valence-corrected chi connectivity index (χ2v) is 5.85. The Morgan fingerprint density at radius 1 is 1.35 bits per heavy atom. The van der Waals surface area contributed by atoms with Crippen molar-refractivity contribution in [2.24, 2.45) is 7.05 Å². The lowest BCUT2D eigenvalue weighted by molar-refractivity contribution is -0.127. The zero-order valence-corrected chi connectivity index (χ0v) is 13.8. The molecule has 1 saturated heterocycles. The van der Waals surface area contributed by atoms with Crippen LogP contribution >= 0.6 is 0 Å². The maximum Gasteiger partial charge on any atom is 0.223 e. The van der Waals surface area contributed by atoms with Gasteiger partial charge >= 0.3 is 0 Å². The van der Waals surface area contributed by atoms with Gasteiger partial charge in [0.15, 0.2) is 0 Å². The molecule has 7 nitrogen and oxygen atoms in total. The van der Waals surface area contributed by atoms with Gasteiger partial charge in [0.1, 0.15) is 0 Å². The molecule has 122 valence electrons. The molecule has 3 heterocycles. The molecule has 2 aromatic rings. The van der Waals surface area contributed by atoms with E-state index in [1.54, 1.807) is 6.20 Å². The predicted octanol–water partition coefficient (Wildman–Crippen LogP) is 1.53. The van der Waals surface area contributed by atoms with E-state index < -0.39 is 0 Å². The molecule has 0 bridgehead atoms. The minimum Gasteiger partial charge on any atom is -0.352 e. The van der Waals surface area contributed by atoms with Gasteiger partial charge in [0, 0.05) is 50.6 Å². The maximum atomic E-state index is 11.6. The van der Waals surface area contributed by atoms with E-state index in [4.69, 9.17) is 0 Å². The number of carbonyl (C=O) groups excluding carboxylic acids is 1. The zero-order valence-electron chi connectivity index (χ0n) is 13.8. The standard InChI is InChI=1S/C16H22N6O/c1-11-15(12(2)21(3)20-11)13-6-7-17-16(19-13)18-8-10-22-9-4-5-14(22)23/h6-7H,4-5,8-10H2,1-3H3,(H,17,18,19). The molecular formula is C16H22N6O. The molecule has 23 heavy (non-hydrogen) atoms. The molecule has 0 spiro atoms. The summed E-state index contributed by atoms with van der Waals surface area (Å²) in [6.45, 7) is 6.22. The summed E-state index contributed by atoms with van der Waals surface area (Å²) in [6, 6.07) is 1.90. The molecule has 1 aliphatic rings. The second-order valence-electron chi connectivity index (χ2n) is 5.85. The number of nitrogens with zero attached hydrogens (tertiary/aromatic N) is 5. The average molecular weight is 314 g/mol. The Labute approximate surface area is 135 Å². The first kappa shape index (κ1) is 15.5. The van der Waals surface area contributed by atoms with Crippen molar-refractivity contribution in [2.75, 3.05) is 25.0 Å². The summed E-state index contributed by atoms with van der Waals surface area (Å²) in [4.78, 5) is 22.3. The van der Waals surface area contributed by atoms with E-state index in [9.17, 15) is 4.79 Å². The smallest absolute Gasteiger partial charge is 0.223 e. The number of aromatic nitrogens is 4. The van der Waals surface area contributed by atoms with E-state index in [-0.39, 0.29) is 5.91 Å². The quantitative estimate of drug-likeness (QED) is 0.906. The third-order valence-corrected chi connectivity index (χ3v) is 4.26. The number of aryl methyl sites for hydroxylation is 2. The zero-order chi connectivity index (χ0) is 16.4. The predicted molar refractivity (Wildman–Crippen MR) is 88.0 cm³/mol. The lowest BCUT2D eigenvalue weighted by Gasteiger charge is -2.15. The number of amides is 1. The highest BCUT2D eigenvalue weighted by atomic mass is 16.2. The van der Waals surface area contributed by atoms with Crippen LogP contribution in [0, 0.1) is 13.8 Å². The summed E-state index contributed by atoms with van der Waals surface area (Å²) >= 11 is 0. The van der Waals surface area contributed by atoms with Crippen LogP contribution in [0.25, 0.3) is 11.3 Å². The van der Waals surface area contributed by atoms with Crippen LogP contribution in [0.15, 0.2) is 12.3 Å². The third-order valence-electron chi connectivity index (χ3n) is 4.26. The van der Waals surface area contributed by atoms with Crippen molar-refractivity contribution in [3.63, 3.8) is 0 Å². The molecule has 1 fully saturated rings. The first-order valence-electron chi connectivity index (χ1n) is 7.91. The third kappa shape index (κ3) is 3.18. The van der Waals surface area contributed by atoms with Crippen molar-refractivity contribution in [1.82, 2.24) is 24.6 Å². The molecule has 0 aromatic carbocycles. The first-order chi connectivity index (χ1) is 11.1. The van der Waals surface area contributed by atoms with Gasteiger partial charge in [0.2, 0.25) is 11.9 Å². The Balaban J connectivity index is 1.69. The van der Waals surface area contributed by atoms with E-state index in [1.807, 2.05) is 36.5 Å². The molecule has 1 amide bonds. The highest BCUT2D eigenvalue weighted by molar-refractivity contribution is 5.78. The number of anilines is 1. The Hall–Kier alpha value is -2.44. The molecule has 2 aromatic heterocycles. The van der Waals surface area contributed by atoms with Gasteiger partial charge in [0.05, 0.1) is 11.4 Å². The van der Waals surface area contributed by atoms with Crippen LogP contribution in [0.2, 0.25) is 0 Å². The van der Waals surface area contributed by atoms with Crippen molar-refractivity contribution < 1.29 is 4.79 Å². The fourth-order valence-corrected chi connectivity index (χ4v) is 2.97. The topological polar surface area (TPSA) is 75.9 Å². The van der Waals surface area contributed by atoms with E-state index >= 15 is 0 Å². The van der Waals surface area contributed by atoms with Gasteiger partial charge in [-0.1, -0.05) is 0 Å². The van der Waals surface area contributed by atoms with Gasteiger partial charge in [-0.25, -0.2) is 9.97 Å². The lowest BCUT2D eigenvalue weighted by Crippen LogP contribution is -2.30. The summed E-state index contributed by atoms with van der Waals surface area (Å²) in [6.07, 6.45) is 3.38. The number of likely N-dealkylation sites (tertiary alicyclic amines) is 1. The second kappa shape index (κ2) is 6.36. The Morgan fingerprint density at radius 2 is 2.17 bits per heavy atom. The summed E-state index contributed by atoms with van der Waals surface area (Å²) in [5, 5.41) is 7.64. The normalized spacial score (nSPS) is 14.6. The van der Waals surface area contributed by atoms with E-state index in [0.29, 0.717) is 25.5 Å². The molecule has 1 aliphatic heterocycles. The van der Waals surface area contributed by atoms with Crippen molar-refractivity contribution >= 4 is 11.9 Å². The lowest BCUT2D eigenvalue weighted by atomic mass is 10.1. The molecule has 0 radical (unpaired) electrons. The highest BCUT2D eigenvalue weighted by Crippen LogP contribution is 2.24. The van der Waals surface area contributed by atoms with E-state index in [2.05, 4.69) is 20.4 Å². The van der Waals surface area contributed by atoms with Crippen molar-refractivity contribution in [3.8, 4) is 11.3 Å². The van der Waals surface area contributed by atoms with Crippen molar-refractivity contribution in [2.45, 2.75) is 26.7 Å². The molecule has 0 atom stereocenters. The van der Waals surface area contributed by atoms with Crippen LogP contribution in [-0.2, 0) is 11.8 Å². The van der Waals surface area contributed by atoms with Gasteiger partial charge in [-0.2, -0.15) is 5.10 Å². The van der Waals surface area contributed by atoms with Gasteiger partial charge in [-0.15, -0.1) is 0 Å². The van der Waals surface area contributed by atoms with Crippen LogP contribution in [0.1, 0.15) is 24.2 Å². The van der Waals surface area contributed by atoms with Crippen molar-refractivity contribution in [3.05, 3.63) is 23.7 Å². The average Bonchev–Trinajstić information content (AvgIpc) is 3.03. The van der Waals surface area contributed by atoms with Crippen LogP contribution in [-0.4, -0.2) is 50.2 Å². The number of hydrogen-bond acceptors (Lipinski definition) is 5. The van der Waals surface area contributed by atoms with Gasteiger partial charge in [-0.05, 0) is 26.3 Å². The largest absolute Gasteiger partial charge is 0.352 e. The molecular weight excluding hydrogens is 292 g/mol. The van der Waals surface area contributed by atoms with Crippen LogP contribution in [0.4, 0.5) is 5.95 Å². The fourth-order valence-electron chi connectivity index (χ4n) is 2.97. The Morgan fingerprint density at radius 3 is 2.83 bits per heavy atom. The number of nitrogens with one attached hydrogen (secondary N) is 1. The summed E-state index contributed by atoms with van der Waals surface area (Å²) in [5.74, 6) is 0.819. The fraction of sp³-hybridized carbons (Fsp3) is 0.500. The molecule has 0 saturated carbocycles. The summed E-state index contributed by atoms with van der Waals surface area (Å²) in [5.41, 5.74) is 3.95. The number of hydrogen-bond donors (Lipinski definition) is 1. The highest BCUT2D eigenvalue weighted by Gasteiger charge is 2.19. The van der Waals surface area contributed by atoms with Crippen molar-refractivity contribution in [1.29, 1.82) is 0 Å². The molecule has 1 N–H and O–H groups in total. The summed E-state index contributed by atoms with van der Waals surface area (Å²) in [7, 11) is 1.93. The maximum absolute atomic E-state index is 11.6. The van der Waals surface area contributed by atoms with Gasteiger partial charge < -0.3 is 10.2 Å². The molecule has 0 aliphatic carbocycles. The van der Waals surface area contributed by atoms with Gasteiger partial charge in [0.25, 0.3) is 0 Å². The van der Waals surface area contributed by atoms with Gasteiger partial charge in [-0.3, -0.25) is 9.48 Å². The number of carbonyl (C=O) groups is 1. The Kier molecular flexibility index (Phi) is 4.27. The molecule has 0 unspecified atom stereocenters. The first-order valence-corrected chi connectivity index (χ1v) is 7.91. The van der Waals surface area contributed by atoms with Crippen LogP contribution in [0.3, 0.4) is 0 Å². The summed E-state index contributed by atoms with van der Waals surface area (Å²) < 4.78 is 1.86. The molecule has 7 heteroatoms. The van der Waals surface area contributed by atoms with E-state index in [0.717, 1.165) is 35.6 Å². The number of rotatable bonds is 5. The SMILES string of the molecule is Cc1nn(C)c(C)c1-c1ccnc(NCCN2CCCC2=O)n1. The van der Waals surface area contributed by atoms with Crippen LogP contribution in [0.5, 0.6) is 0 Å². The minimum atomic E-state index is 0.239. The minimum absolute atomic E-state index is 0.239. The Bertz CT molecular complexity index is 723.